The molecular weight excluding hydrogens is 1020 g/mol. The summed E-state index contributed by atoms with van der Waals surface area (Å²) in [5, 5.41) is 39.5. The van der Waals surface area contributed by atoms with Crippen molar-refractivity contribution in [3.05, 3.63) is 161 Å². The van der Waals surface area contributed by atoms with Crippen molar-refractivity contribution in [3.8, 4) is 0 Å². The van der Waals surface area contributed by atoms with Crippen LogP contribution in [-0.2, 0) is 0 Å². The van der Waals surface area contributed by atoms with Crippen LogP contribution in [0.25, 0.3) is 43.7 Å². The summed E-state index contributed by atoms with van der Waals surface area (Å²) in [7, 11) is 1.74. The molecule has 9 heterocycles. The molecule has 12 rings (SSSR count). The zero-order chi connectivity index (χ0) is 50.1. The van der Waals surface area contributed by atoms with Gasteiger partial charge in [-0.3, -0.25) is 20.4 Å². The first-order valence-electron chi connectivity index (χ1n) is 20.6. The molecule has 72 heavy (non-hydrogen) atoms. The largest absolute Gasteiger partial charge is 0.325 e. The average Bonchev–Trinajstić information content (AvgIpc) is 4.19. The van der Waals surface area contributed by atoms with E-state index in [1.54, 1.807) is 66.7 Å². The number of pyridine rings is 1. The molecular formula is C44H30Cl4F3N21. The summed E-state index contributed by atoms with van der Waals surface area (Å²) in [6.45, 7) is 0. The first kappa shape index (κ1) is 48.2. The van der Waals surface area contributed by atoms with Gasteiger partial charge in [0.15, 0.2) is 23.1 Å². The lowest BCUT2D eigenvalue weighted by molar-refractivity contribution is 0.624. The number of anilines is 8. The molecule has 12 aromatic rings. The number of halogens is 7. The molecule has 7 N–H and O–H groups in total. The van der Waals surface area contributed by atoms with Crippen LogP contribution in [0.15, 0.2) is 122 Å². The van der Waals surface area contributed by atoms with E-state index in [0.717, 1.165) is 22.9 Å². The number of nitrogens with zero attached hydrogens (tertiary/aromatic N) is 14. The Morgan fingerprint density at radius 2 is 1.06 bits per heavy atom. The van der Waals surface area contributed by atoms with Crippen LogP contribution in [0.1, 0.15) is 0 Å². The lowest BCUT2D eigenvalue weighted by Crippen LogP contribution is -2.12. The van der Waals surface area contributed by atoms with Crippen molar-refractivity contribution in [3.63, 3.8) is 0 Å². The van der Waals surface area contributed by atoms with E-state index in [2.05, 4.69) is 102 Å². The highest BCUT2D eigenvalue weighted by Gasteiger charge is 2.17. The van der Waals surface area contributed by atoms with E-state index in [0.29, 0.717) is 73.6 Å². The number of benzene rings is 3. The number of aromatic amines is 4. The summed E-state index contributed by atoms with van der Waals surface area (Å²) in [6.07, 6.45) is 7.26. The van der Waals surface area contributed by atoms with Gasteiger partial charge in [-0.1, -0.05) is 24.3 Å². The van der Waals surface area contributed by atoms with E-state index in [4.69, 9.17) is 46.4 Å². The molecule has 360 valence electrons. The van der Waals surface area contributed by atoms with Crippen LogP contribution < -0.4 is 20.9 Å². The van der Waals surface area contributed by atoms with Gasteiger partial charge in [0.25, 0.3) is 0 Å². The molecule has 9 aromatic heterocycles. The van der Waals surface area contributed by atoms with Gasteiger partial charge in [-0.25, -0.2) is 58.0 Å². The van der Waals surface area contributed by atoms with Gasteiger partial charge in [0.1, 0.15) is 52.1 Å². The zero-order valence-electron chi connectivity index (χ0n) is 36.5. The Balaban J connectivity index is 0.000000119. The van der Waals surface area contributed by atoms with Crippen molar-refractivity contribution in [2.24, 2.45) is 0 Å². The SMILES string of the molecule is CN(c1ccnc(Cl)n1)c1n[nH]c2cccc(F)c12.Clc1nccc(Nc2n[nH]c3ccccc23)n1.Fc1cccc2c(Nc3ccnc(Cl)n3)n[nH]c12.Fc1cnc2n[nH]c(Nc3ccnc(Cl)n3)c2c1. The van der Waals surface area contributed by atoms with E-state index < -0.39 is 5.82 Å². The maximum atomic E-state index is 13.9. The molecule has 21 nitrogen and oxygen atoms in total. The molecule has 0 radical (unpaired) electrons. The maximum absolute atomic E-state index is 13.9. The highest BCUT2D eigenvalue weighted by Crippen LogP contribution is 2.30. The molecule has 3 aromatic carbocycles. The second kappa shape index (κ2) is 21.8. The normalized spacial score (nSPS) is 10.8. The Bertz CT molecular complexity index is 3770. The summed E-state index contributed by atoms with van der Waals surface area (Å²) in [5.41, 5.74) is 2.36. The number of nitrogens with one attached hydrogen (secondary N) is 7. The van der Waals surface area contributed by atoms with E-state index in [1.807, 2.05) is 24.3 Å². The number of hydrogen-bond acceptors (Lipinski definition) is 17. The minimum atomic E-state index is -0.437. The molecule has 0 aliphatic heterocycles. The Kier molecular flexibility index (Phi) is 14.6. The molecule has 0 fully saturated rings. The number of aromatic nitrogens is 17. The Morgan fingerprint density at radius 1 is 0.500 bits per heavy atom. The van der Waals surface area contributed by atoms with Gasteiger partial charge in [-0.2, -0.15) is 20.4 Å². The van der Waals surface area contributed by atoms with Crippen molar-refractivity contribution in [1.82, 2.24) is 85.6 Å². The van der Waals surface area contributed by atoms with E-state index in [1.165, 1.54) is 36.8 Å². The topological polar surface area (TPSA) is 270 Å². The Hall–Kier alpha value is -8.84. The minimum absolute atomic E-state index is 0.119. The smallest absolute Gasteiger partial charge is 0.224 e. The van der Waals surface area contributed by atoms with E-state index in [9.17, 15) is 13.2 Å². The van der Waals surface area contributed by atoms with Gasteiger partial charge in [0.2, 0.25) is 21.1 Å². The first-order chi connectivity index (χ1) is 34.9. The lowest BCUT2D eigenvalue weighted by atomic mass is 10.2. The maximum Gasteiger partial charge on any atom is 0.224 e. The lowest BCUT2D eigenvalue weighted by Gasteiger charge is -2.15. The van der Waals surface area contributed by atoms with Crippen molar-refractivity contribution in [2.45, 2.75) is 0 Å². The number of para-hydroxylation sites is 2. The van der Waals surface area contributed by atoms with Crippen molar-refractivity contribution in [1.29, 1.82) is 0 Å². The fourth-order valence-electron chi connectivity index (χ4n) is 6.59. The Morgan fingerprint density at radius 3 is 1.74 bits per heavy atom. The van der Waals surface area contributed by atoms with Crippen LogP contribution in [0.5, 0.6) is 0 Å². The second-order valence-corrected chi connectivity index (χ2v) is 15.8. The van der Waals surface area contributed by atoms with Gasteiger partial charge in [-0.15, -0.1) is 0 Å². The van der Waals surface area contributed by atoms with Crippen molar-refractivity contribution >= 4 is 137 Å². The van der Waals surface area contributed by atoms with Crippen molar-refractivity contribution < 1.29 is 13.2 Å². The van der Waals surface area contributed by atoms with Gasteiger partial charge < -0.3 is 20.9 Å². The summed E-state index contributed by atoms with van der Waals surface area (Å²) >= 11 is 22.8. The third-order valence-corrected chi connectivity index (χ3v) is 10.5. The van der Waals surface area contributed by atoms with Gasteiger partial charge >= 0.3 is 0 Å². The minimum Gasteiger partial charge on any atom is -0.325 e. The number of rotatable bonds is 8. The third kappa shape index (κ3) is 11.4. The second-order valence-electron chi connectivity index (χ2n) is 14.4. The molecule has 0 amide bonds. The van der Waals surface area contributed by atoms with Crippen LogP contribution in [0.4, 0.5) is 59.7 Å². The molecule has 0 aliphatic carbocycles. The molecule has 0 saturated heterocycles. The highest BCUT2D eigenvalue weighted by molar-refractivity contribution is 6.29. The average molecular weight is 1050 g/mol. The Labute approximate surface area is 422 Å². The van der Waals surface area contributed by atoms with Crippen LogP contribution in [0, 0.1) is 17.5 Å². The van der Waals surface area contributed by atoms with E-state index >= 15 is 0 Å². The highest BCUT2D eigenvalue weighted by atomic mass is 35.5. The number of H-pyrrole nitrogens is 4. The molecule has 0 saturated carbocycles. The molecule has 0 atom stereocenters. The standard InChI is InChI=1S/C12H9ClFN5.C11H7ClFN5.C11H8ClN5.C10H6ClFN6/c1-19(9-5-6-15-12(13)16-9)11-10-7(14)3-2-4-8(10)17-18-11;12-11-14-5-4-8(16-11)15-10-6-2-1-3-7(13)9(6)17-18-10;12-11-13-6-5-9(15-11)14-10-7-3-1-2-4-8(7)16-17-10;11-10-13-2-1-7(16-10)15-9-6-3-5(12)4-14-8(6)17-18-9/h2-6H,1H3,(H,17,18);1-5H,(H2,14,15,16,17,18);1-6H,(H2,13,14,15,16,17);1-4H,(H2,13,14,15,16,17,18). The fourth-order valence-corrected chi connectivity index (χ4v) is 7.18. The predicted molar refractivity (Wildman–Crippen MR) is 268 cm³/mol. The fraction of sp³-hybridized carbons (Fsp3) is 0.0227. The predicted octanol–water partition coefficient (Wildman–Crippen LogP) is 10.8. The molecule has 28 heteroatoms. The van der Waals surface area contributed by atoms with Gasteiger partial charge in [0, 0.05) is 42.6 Å². The monoisotopic (exact) mass is 1050 g/mol. The summed E-state index contributed by atoms with van der Waals surface area (Å²) in [6, 6.07) is 25.4. The summed E-state index contributed by atoms with van der Waals surface area (Å²) in [5.74, 6) is 3.13. The van der Waals surface area contributed by atoms with Gasteiger partial charge in [0.05, 0.1) is 28.0 Å². The van der Waals surface area contributed by atoms with Crippen LogP contribution >= 0.6 is 46.4 Å². The molecule has 0 aliphatic rings. The van der Waals surface area contributed by atoms with Gasteiger partial charge in [-0.05, 0) is 113 Å². The summed E-state index contributed by atoms with van der Waals surface area (Å²) in [4.78, 5) is 36.7. The molecule has 0 bridgehead atoms. The third-order valence-electron chi connectivity index (χ3n) is 9.81. The summed E-state index contributed by atoms with van der Waals surface area (Å²) < 4.78 is 40.5. The first-order valence-corrected chi connectivity index (χ1v) is 22.1. The number of fused-ring (bicyclic) bond motifs is 4. The quantitative estimate of drug-likeness (QED) is 0.0697. The molecule has 0 unspecified atom stereocenters. The van der Waals surface area contributed by atoms with Crippen LogP contribution in [-0.4, -0.2) is 92.7 Å². The van der Waals surface area contributed by atoms with Crippen LogP contribution in [0.2, 0.25) is 21.1 Å². The van der Waals surface area contributed by atoms with Crippen molar-refractivity contribution in [2.75, 3.05) is 27.9 Å². The molecule has 0 spiro atoms. The van der Waals surface area contributed by atoms with E-state index in [-0.39, 0.29) is 32.8 Å². The zero-order valence-corrected chi connectivity index (χ0v) is 39.5. The number of hydrogen-bond donors (Lipinski definition) is 7. The van der Waals surface area contributed by atoms with Crippen LogP contribution in [0.3, 0.4) is 0 Å².